The van der Waals surface area contributed by atoms with Crippen molar-refractivity contribution in [1.82, 2.24) is 10.2 Å². The highest BCUT2D eigenvalue weighted by Gasteiger charge is 2.15. The first-order chi connectivity index (χ1) is 13.2. The Labute approximate surface area is 156 Å². The lowest BCUT2D eigenvalue weighted by molar-refractivity contribution is 0.238. The van der Waals surface area contributed by atoms with Crippen molar-refractivity contribution in [1.29, 1.82) is 0 Å². The van der Waals surface area contributed by atoms with Gasteiger partial charge in [0, 0.05) is 5.56 Å². The minimum Gasteiger partial charge on any atom is -0.493 e. The van der Waals surface area contributed by atoms with E-state index in [1.807, 2.05) is 12.1 Å². The maximum Gasteiger partial charge on any atom is 0.254 e. The summed E-state index contributed by atoms with van der Waals surface area (Å²) in [4.78, 5) is 0. The third-order valence-electron chi connectivity index (χ3n) is 3.82. The van der Waals surface area contributed by atoms with Gasteiger partial charge in [0.05, 0.1) is 28.4 Å². The molecule has 3 rings (SSSR count). The summed E-state index contributed by atoms with van der Waals surface area (Å²) in [5, 5.41) is 8.08. The average molecular weight is 372 g/mol. The van der Waals surface area contributed by atoms with Gasteiger partial charge in [-0.25, -0.2) is 0 Å². The van der Waals surface area contributed by atoms with Gasteiger partial charge in [0.2, 0.25) is 11.6 Å². The van der Waals surface area contributed by atoms with E-state index in [0.717, 1.165) is 0 Å². The number of rotatable bonds is 8. The van der Waals surface area contributed by atoms with E-state index >= 15 is 0 Å². The standard InChI is InChI=1S/C19H20N2O6/c1-22-13-9-8-12(10-16(13)25-4)19-21-20-17(27-19)11-26-18-14(23-2)6-5-7-15(18)24-3/h5-10H,11H2,1-4H3. The Morgan fingerprint density at radius 3 is 2.07 bits per heavy atom. The lowest BCUT2D eigenvalue weighted by Gasteiger charge is -2.12. The minimum absolute atomic E-state index is 0.0665. The molecule has 0 saturated carbocycles. The van der Waals surface area contributed by atoms with Crippen LogP contribution in [0.1, 0.15) is 5.89 Å². The predicted molar refractivity (Wildman–Crippen MR) is 96.7 cm³/mol. The second kappa shape index (κ2) is 8.31. The van der Waals surface area contributed by atoms with Gasteiger partial charge in [-0.1, -0.05) is 6.07 Å². The van der Waals surface area contributed by atoms with Crippen molar-refractivity contribution in [2.24, 2.45) is 0 Å². The topological polar surface area (TPSA) is 85.1 Å². The average Bonchev–Trinajstić information content (AvgIpc) is 3.20. The molecule has 2 aromatic carbocycles. The molecule has 0 unspecified atom stereocenters. The van der Waals surface area contributed by atoms with Gasteiger partial charge >= 0.3 is 0 Å². The summed E-state index contributed by atoms with van der Waals surface area (Å²) in [6.45, 7) is 0.0665. The molecule has 0 bridgehead atoms. The van der Waals surface area contributed by atoms with Crippen molar-refractivity contribution >= 4 is 0 Å². The van der Waals surface area contributed by atoms with E-state index in [4.69, 9.17) is 28.1 Å². The van der Waals surface area contributed by atoms with Crippen LogP contribution >= 0.6 is 0 Å². The second-order valence-corrected chi connectivity index (χ2v) is 5.35. The third kappa shape index (κ3) is 3.89. The van der Waals surface area contributed by atoms with Gasteiger partial charge in [-0.3, -0.25) is 0 Å². The summed E-state index contributed by atoms with van der Waals surface area (Å²) in [7, 11) is 6.26. The van der Waals surface area contributed by atoms with E-state index in [-0.39, 0.29) is 6.61 Å². The molecule has 1 heterocycles. The Kier molecular flexibility index (Phi) is 5.65. The summed E-state index contributed by atoms with van der Waals surface area (Å²) in [6, 6.07) is 10.7. The molecule has 0 N–H and O–H groups in total. The molecule has 0 atom stereocenters. The number of hydrogen-bond donors (Lipinski definition) is 0. The first-order valence-corrected chi connectivity index (χ1v) is 8.08. The number of hydrogen-bond acceptors (Lipinski definition) is 8. The molecule has 0 radical (unpaired) electrons. The van der Waals surface area contributed by atoms with Crippen molar-refractivity contribution in [3.8, 4) is 40.2 Å². The zero-order valence-electron chi connectivity index (χ0n) is 15.5. The van der Waals surface area contributed by atoms with E-state index in [0.29, 0.717) is 46.1 Å². The number of aromatic nitrogens is 2. The molecule has 0 aliphatic carbocycles. The largest absolute Gasteiger partial charge is 0.493 e. The van der Waals surface area contributed by atoms with Gasteiger partial charge in [0.15, 0.2) is 29.6 Å². The van der Waals surface area contributed by atoms with Crippen LogP contribution in [-0.4, -0.2) is 38.6 Å². The van der Waals surface area contributed by atoms with E-state index in [9.17, 15) is 0 Å². The van der Waals surface area contributed by atoms with Gasteiger partial charge in [0.1, 0.15) is 0 Å². The summed E-state index contributed by atoms with van der Waals surface area (Å²) < 4.78 is 32.6. The molecule has 1 aromatic heterocycles. The SMILES string of the molecule is COc1ccc(-c2nnc(COc3c(OC)cccc3OC)o2)cc1OC. The van der Waals surface area contributed by atoms with E-state index < -0.39 is 0 Å². The van der Waals surface area contributed by atoms with Crippen LogP contribution in [0.25, 0.3) is 11.5 Å². The van der Waals surface area contributed by atoms with Crippen LogP contribution < -0.4 is 23.7 Å². The Morgan fingerprint density at radius 1 is 0.778 bits per heavy atom. The molecule has 27 heavy (non-hydrogen) atoms. The van der Waals surface area contributed by atoms with Crippen LogP contribution in [0.5, 0.6) is 28.7 Å². The van der Waals surface area contributed by atoms with Crippen molar-refractivity contribution in [3.05, 3.63) is 42.3 Å². The van der Waals surface area contributed by atoms with Crippen molar-refractivity contribution < 1.29 is 28.1 Å². The van der Waals surface area contributed by atoms with E-state index in [2.05, 4.69) is 10.2 Å². The normalized spacial score (nSPS) is 10.4. The summed E-state index contributed by atoms with van der Waals surface area (Å²) in [6.07, 6.45) is 0. The molecule has 8 heteroatoms. The van der Waals surface area contributed by atoms with Crippen LogP contribution in [0.2, 0.25) is 0 Å². The van der Waals surface area contributed by atoms with Crippen LogP contribution in [0.15, 0.2) is 40.8 Å². The fourth-order valence-electron chi connectivity index (χ4n) is 2.49. The maximum atomic E-state index is 5.78. The number of methoxy groups -OCH3 is 4. The third-order valence-corrected chi connectivity index (χ3v) is 3.82. The monoisotopic (exact) mass is 372 g/mol. The molecule has 142 valence electrons. The van der Waals surface area contributed by atoms with Gasteiger partial charge < -0.3 is 28.1 Å². The highest BCUT2D eigenvalue weighted by molar-refractivity contribution is 5.59. The van der Waals surface area contributed by atoms with E-state index in [1.165, 1.54) is 0 Å². The summed E-state index contributed by atoms with van der Waals surface area (Å²) in [5.41, 5.74) is 0.710. The number of para-hydroxylation sites is 1. The predicted octanol–water partition coefficient (Wildman–Crippen LogP) is 3.35. The summed E-state index contributed by atoms with van der Waals surface area (Å²) >= 11 is 0. The molecule has 0 saturated heterocycles. The van der Waals surface area contributed by atoms with Crippen molar-refractivity contribution in [3.63, 3.8) is 0 Å². The Balaban J connectivity index is 1.78. The number of nitrogens with zero attached hydrogens (tertiary/aromatic N) is 2. The van der Waals surface area contributed by atoms with Gasteiger partial charge in [-0.05, 0) is 30.3 Å². The molecule has 3 aromatic rings. The molecular formula is C19H20N2O6. The quantitative estimate of drug-likeness (QED) is 0.595. The second-order valence-electron chi connectivity index (χ2n) is 5.35. The van der Waals surface area contributed by atoms with Gasteiger partial charge in [-0.15, -0.1) is 10.2 Å². The van der Waals surface area contributed by atoms with Crippen molar-refractivity contribution in [2.45, 2.75) is 6.61 Å². The molecule has 0 spiro atoms. The van der Waals surface area contributed by atoms with E-state index in [1.54, 1.807) is 52.7 Å². The Bertz CT molecular complexity index is 887. The first-order valence-electron chi connectivity index (χ1n) is 8.08. The first kappa shape index (κ1) is 18.4. The Morgan fingerprint density at radius 2 is 1.44 bits per heavy atom. The molecule has 0 aliphatic heterocycles. The smallest absolute Gasteiger partial charge is 0.254 e. The molecule has 0 aliphatic rings. The lowest BCUT2D eigenvalue weighted by atomic mass is 10.2. The molecule has 0 fully saturated rings. The van der Waals surface area contributed by atoms with Gasteiger partial charge in [0.25, 0.3) is 5.89 Å². The zero-order chi connectivity index (χ0) is 19.2. The van der Waals surface area contributed by atoms with Gasteiger partial charge in [-0.2, -0.15) is 0 Å². The van der Waals surface area contributed by atoms with Crippen LogP contribution in [-0.2, 0) is 6.61 Å². The highest BCUT2D eigenvalue weighted by Crippen LogP contribution is 2.37. The molecule has 8 nitrogen and oxygen atoms in total. The lowest BCUT2D eigenvalue weighted by Crippen LogP contribution is -2.00. The van der Waals surface area contributed by atoms with Crippen molar-refractivity contribution in [2.75, 3.05) is 28.4 Å². The van der Waals surface area contributed by atoms with Crippen LogP contribution in [0.3, 0.4) is 0 Å². The summed E-state index contributed by atoms with van der Waals surface area (Å²) in [5.74, 6) is 3.42. The minimum atomic E-state index is 0.0665. The fraction of sp³-hybridized carbons (Fsp3) is 0.263. The highest BCUT2D eigenvalue weighted by atomic mass is 16.5. The van der Waals surface area contributed by atoms with Crippen LogP contribution in [0, 0.1) is 0 Å². The maximum absolute atomic E-state index is 5.78. The molecule has 0 amide bonds. The number of benzene rings is 2. The molecular weight excluding hydrogens is 352 g/mol. The zero-order valence-corrected chi connectivity index (χ0v) is 15.5. The Hall–Kier alpha value is -3.42. The van der Waals surface area contributed by atoms with Crippen LogP contribution in [0.4, 0.5) is 0 Å². The fourth-order valence-corrected chi connectivity index (χ4v) is 2.49. The number of ether oxygens (including phenoxy) is 5.